The number of aromatic hydroxyl groups is 2. The number of carboxylic acid groups (broad SMARTS) is 1. The number of hydrogen-bond acceptors (Lipinski definition) is 15. The van der Waals surface area contributed by atoms with Gasteiger partial charge in [-0.15, -0.1) is 11.3 Å². The summed E-state index contributed by atoms with van der Waals surface area (Å²) >= 11 is 0.887. The minimum Gasteiger partial charge on any atom is -0.504 e. The van der Waals surface area contributed by atoms with Gasteiger partial charge < -0.3 is 41.3 Å². The SMILES string of the molecule is CC(C)(O/N=C(\C(=O)N[C@@H]1C(=O)N(S(=O)(=O)O)[C@@H]1COC(=O)CNC(=O)c1ccc(O)c(O)c1)c1csc(N)n1)C(=O)O. The first-order valence-corrected chi connectivity index (χ1v) is 14.0. The van der Waals surface area contributed by atoms with Gasteiger partial charge in [-0.05, 0) is 32.0 Å². The predicted octanol–water partition coefficient (Wildman–Crippen LogP) is -1.81. The average Bonchev–Trinajstić information content (AvgIpc) is 3.34. The van der Waals surface area contributed by atoms with E-state index in [2.05, 4.69) is 20.8 Å². The topological polar surface area (TPSA) is 297 Å². The van der Waals surface area contributed by atoms with Gasteiger partial charge in [-0.1, -0.05) is 5.16 Å². The molecule has 2 atom stereocenters. The fraction of sp³-hybridized carbons (Fsp3) is 0.318. The normalized spacial score (nSPS) is 17.0. The number of nitrogens with one attached hydrogen (secondary N) is 2. The molecule has 1 aliphatic heterocycles. The zero-order valence-electron chi connectivity index (χ0n) is 22.1. The number of benzene rings is 1. The summed E-state index contributed by atoms with van der Waals surface area (Å²) in [5.74, 6) is -7.00. The molecule has 0 radical (unpaired) electrons. The number of phenols is 2. The number of esters is 1. The Bertz CT molecular complexity index is 1600. The van der Waals surface area contributed by atoms with Gasteiger partial charge in [-0.2, -0.15) is 8.42 Å². The molecule has 1 aromatic carbocycles. The highest BCUT2D eigenvalue weighted by Crippen LogP contribution is 2.26. The Morgan fingerprint density at radius 3 is 2.44 bits per heavy atom. The molecule has 19 nitrogen and oxygen atoms in total. The molecule has 2 aromatic rings. The van der Waals surface area contributed by atoms with Gasteiger partial charge in [0.2, 0.25) is 5.60 Å². The van der Waals surface area contributed by atoms with Crippen LogP contribution >= 0.6 is 11.3 Å². The molecule has 8 N–H and O–H groups in total. The van der Waals surface area contributed by atoms with Crippen LogP contribution in [0.1, 0.15) is 29.9 Å². The molecule has 1 aliphatic rings. The van der Waals surface area contributed by atoms with Crippen molar-refractivity contribution in [2.45, 2.75) is 31.5 Å². The molecule has 0 spiro atoms. The molecule has 21 heteroatoms. The summed E-state index contributed by atoms with van der Waals surface area (Å²) in [7, 11) is -5.18. The van der Waals surface area contributed by atoms with Gasteiger partial charge >= 0.3 is 22.2 Å². The number of β-lactam (4-membered cyclic amide) rings is 1. The quantitative estimate of drug-likeness (QED) is 0.0334. The molecule has 232 valence electrons. The number of nitrogens with two attached hydrogens (primary N) is 1. The third-order valence-electron chi connectivity index (χ3n) is 5.61. The van der Waals surface area contributed by atoms with Crippen molar-refractivity contribution in [2.75, 3.05) is 18.9 Å². The smallest absolute Gasteiger partial charge is 0.362 e. The fourth-order valence-corrected chi connectivity index (χ4v) is 4.70. The molecule has 0 saturated carbocycles. The van der Waals surface area contributed by atoms with Crippen LogP contribution in [0.3, 0.4) is 0 Å². The number of hydrogen-bond donors (Lipinski definition) is 7. The lowest BCUT2D eigenvalue weighted by Gasteiger charge is -2.43. The minimum atomic E-state index is -5.18. The molecular weight excluding hydrogens is 620 g/mol. The van der Waals surface area contributed by atoms with Crippen LogP contribution in [0.15, 0.2) is 28.7 Å². The summed E-state index contributed by atoms with van der Waals surface area (Å²) in [6, 6.07) is -0.243. The monoisotopic (exact) mass is 644 g/mol. The number of ether oxygens (including phenoxy) is 1. The van der Waals surface area contributed by atoms with Crippen LogP contribution in [-0.2, 0) is 39.1 Å². The second-order valence-electron chi connectivity index (χ2n) is 9.12. The zero-order chi connectivity index (χ0) is 32.3. The van der Waals surface area contributed by atoms with Crippen LogP contribution in [0.25, 0.3) is 0 Å². The number of nitrogen functional groups attached to an aromatic ring is 1. The summed E-state index contributed by atoms with van der Waals surface area (Å²) < 4.78 is 37.8. The first-order chi connectivity index (χ1) is 19.9. The largest absolute Gasteiger partial charge is 0.504 e. The van der Waals surface area contributed by atoms with Crippen molar-refractivity contribution in [3.63, 3.8) is 0 Å². The standard InChI is InChI=1S/C22H24N6O13S2/c1-22(2,20(35)36)41-27-15(10-8-42-21(23)25-10)18(33)26-16-11(28(19(16)34)43(37,38)39)7-40-14(31)6-24-17(32)9-3-4-12(29)13(30)5-9/h3-5,8,11,16,29-30H,6-7H2,1-2H3,(H2,23,25)(H,24,32)(H,26,33)(H,35,36)(H,37,38,39)/b27-15-/t11-,16+/m1/s1. The van der Waals surface area contributed by atoms with Gasteiger partial charge in [0.15, 0.2) is 22.3 Å². The summed E-state index contributed by atoms with van der Waals surface area (Å²) in [6.45, 7) is 0.613. The molecule has 43 heavy (non-hydrogen) atoms. The summed E-state index contributed by atoms with van der Waals surface area (Å²) in [4.78, 5) is 70.2. The Labute approximate surface area is 245 Å². The van der Waals surface area contributed by atoms with Crippen molar-refractivity contribution in [1.82, 2.24) is 19.9 Å². The summed E-state index contributed by atoms with van der Waals surface area (Å²) in [5.41, 5.74) is 2.74. The highest BCUT2D eigenvalue weighted by molar-refractivity contribution is 7.84. The lowest BCUT2D eigenvalue weighted by atomic mass is 9.99. The Morgan fingerprint density at radius 1 is 1.21 bits per heavy atom. The van der Waals surface area contributed by atoms with Crippen LogP contribution in [-0.4, -0.2) is 104 Å². The number of anilines is 1. The Balaban J connectivity index is 1.72. The number of rotatable bonds is 12. The van der Waals surface area contributed by atoms with E-state index in [0.717, 1.165) is 43.4 Å². The second kappa shape index (κ2) is 12.5. The van der Waals surface area contributed by atoms with E-state index in [1.165, 1.54) is 5.38 Å². The van der Waals surface area contributed by atoms with Crippen LogP contribution in [0.5, 0.6) is 11.5 Å². The number of oxime groups is 1. The number of carbonyl (C=O) groups is 5. The van der Waals surface area contributed by atoms with Crippen LogP contribution in [0.2, 0.25) is 0 Å². The highest BCUT2D eigenvalue weighted by Gasteiger charge is 2.55. The van der Waals surface area contributed by atoms with Gasteiger partial charge in [0.05, 0.1) is 0 Å². The number of nitrogens with zero attached hydrogens (tertiary/aromatic N) is 3. The third-order valence-corrected chi connectivity index (χ3v) is 7.23. The van der Waals surface area contributed by atoms with Crippen molar-refractivity contribution in [2.24, 2.45) is 5.16 Å². The van der Waals surface area contributed by atoms with E-state index in [-0.39, 0.29) is 20.7 Å². The van der Waals surface area contributed by atoms with Crippen molar-refractivity contribution in [3.8, 4) is 11.5 Å². The van der Waals surface area contributed by atoms with Gasteiger partial charge in [-0.3, -0.25) is 23.7 Å². The van der Waals surface area contributed by atoms with Gasteiger partial charge in [0, 0.05) is 10.9 Å². The maximum atomic E-state index is 13.1. The molecule has 0 bridgehead atoms. The van der Waals surface area contributed by atoms with Gasteiger partial charge in [-0.25, -0.2) is 14.1 Å². The Kier molecular flexibility index (Phi) is 9.42. The minimum absolute atomic E-state index is 0.00985. The van der Waals surface area contributed by atoms with E-state index in [1.54, 1.807) is 0 Å². The van der Waals surface area contributed by atoms with Crippen LogP contribution < -0.4 is 16.4 Å². The zero-order valence-corrected chi connectivity index (χ0v) is 23.7. The molecule has 1 fully saturated rings. The number of aromatic nitrogens is 1. The number of carbonyl (C=O) groups excluding carboxylic acids is 4. The average molecular weight is 645 g/mol. The summed E-state index contributed by atoms with van der Waals surface area (Å²) in [5, 5.41) is 37.2. The highest BCUT2D eigenvalue weighted by atomic mass is 32.2. The van der Waals surface area contributed by atoms with E-state index in [9.17, 15) is 52.3 Å². The molecule has 1 saturated heterocycles. The number of thiazole rings is 1. The van der Waals surface area contributed by atoms with Crippen molar-refractivity contribution in [3.05, 3.63) is 34.8 Å². The van der Waals surface area contributed by atoms with E-state index < -0.39 is 88.0 Å². The molecule has 2 heterocycles. The molecule has 1 aromatic heterocycles. The van der Waals surface area contributed by atoms with E-state index in [1.807, 2.05) is 0 Å². The summed E-state index contributed by atoms with van der Waals surface area (Å²) in [6.07, 6.45) is 0. The first kappa shape index (κ1) is 32.5. The van der Waals surface area contributed by atoms with E-state index in [0.29, 0.717) is 0 Å². The second-order valence-corrected chi connectivity index (χ2v) is 11.3. The van der Waals surface area contributed by atoms with Crippen molar-refractivity contribution in [1.29, 1.82) is 0 Å². The third kappa shape index (κ3) is 7.64. The maximum Gasteiger partial charge on any atom is 0.362 e. The molecular formula is C22H24N6O13S2. The molecule has 3 rings (SSSR count). The number of phenolic OH excluding ortho intramolecular Hbond substituents is 2. The Morgan fingerprint density at radius 2 is 1.88 bits per heavy atom. The van der Waals surface area contributed by atoms with Gasteiger partial charge in [0.25, 0.3) is 17.7 Å². The number of aliphatic carboxylic acids is 1. The molecule has 0 aliphatic carbocycles. The first-order valence-electron chi connectivity index (χ1n) is 11.7. The fourth-order valence-electron chi connectivity index (χ4n) is 3.28. The maximum absolute atomic E-state index is 13.1. The number of amides is 3. The lowest BCUT2D eigenvalue weighted by Crippen LogP contribution is -2.73. The van der Waals surface area contributed by atoms with Crippen molar-refractivity contribution >= 4 is 62.1 Å². The van der Waals surface area contributed by atoms with E-state index >= 15 is 0 Å². The van der Waals surface area contributed by atoms with Crippen LogP contribution in [0.4, 0.5) is 5.13 Å². The van der Waals surface area contributed by atoms with Crippen LogP contribution in [0, 0.1) is 0 Å². The molecule has 3 amide bonds. The van der Waals surface area contributed by atoms with Crippen molar-refractivity contribution < 1.29 is 61.8 Å². The Hall–Kier alpha value is -5.02. The van der Waals surface area contributed by atoms with Gasteiger partial charge in [0.1, 0.15) is 30.9 Å². The van der Waals surface area contributed by atoms with E-state index in [4.69, 9.17) is 15.3 Å². The number of carboxylic acids is 1. The lowest BCUT2D eigenvalue weighted by molar-refractivity contribution is -0.161. The predicted molar refractivity (Wildman–Crippen MR) is 143 cm³/mol. The molecule has 0 unspecified atom stereocenters.